The van der Waals surface area contributed by atoms with E-state index in [0.717, 1.165) is 0 Å². The van der Waals surface area contributed by atoms with Crippen LogP contribution in [0.4, 0.5) is 0 Å². The predicted molar refractivity (Wildman–Crippen MR) is 76.5 cm³/mol. The zero-order chi connectivity index (χ0) is 16.1. The van der Waals surface area contributed by atoms with Gasteiger partial charge in [-0.2, -0.15) is 21.0 Å². The van der Waals surface area contributed by atoms with Gasteiger partial charge < -0.3 is 11.1 Å². The Bertz CT molecular complexity index is 807. The monoisotopic (exact) mass is 286 g/mol. The molecule has 0 spiro atoms. The van der Waals surface area contributed by atoms with Crippen LogP contribution in [0.1, 0.15) is 11.5 Å². The van der Waals surface area contributed by atoms with Crippen molar-refractivity contribution in [3.8, 4) is 24.3 Å². The highest BCUT2D eigenvalue weighted by Gasteiger charge is 2.34. The predicted octanol–water partition coefficient (Wildman–Crippen LogP) is 1.51. The number of hydrogen-bond acceptors (Lipinski definition) is 6. The van der Waals surface area contributed by atoms with Crippen molar-refractivity contribution in [3.05, 3.63) is 58.6 Å². The minimum atomic E-state index is -1.15. The average molecular weight is 286 g/mol. The Morgan fingerprint density at radius 2 is 1.55 bits per heavy atom. The lowest BCUT2D eigenvalue weighted by Crippen LogP contribution is -2.33. The van der Waals surface area contributed by atoms with Crippen molar-refractivity contribution in [2.75, 3.05) is 0 Å². The zero-order valence-corrected chi connectivity index (χ0v) is 11.4. The van der Waals surface area contributed by atoms with Gasteiger partial charge in [-0.05, 0) is 5.56 Å². The lowest BCUT2D eigenvalue weighted by atomic mass is 9.80. The van der Waals surface area contributed by atoms with Gasteiger partial charge in [0.1, 0.15) is 5.82 Å². The zero-order valence-electron chi connectivity index (χ0n) is 11.4. The van der Waals surface area contributed by atoms with Crippen molar-refractivity contribution < 1.29 is 0 Å². The molecule has 1 aromatic carbocycles. The number of hydrogen-bond donors (Lipinski definition) is 2. The van der Waals surface area contributed by atoms with Gasteiger partial charge in [0.15, 0.2) is 5.92 Å². The molecule has 0 aromatic heterocycles. The summed E-state index contributed by atoms with van der Waals surface area (Å²) in [5.74, 6) is -1.78. The molecular weight excluding hydrogens is 276 g/mol. The molecular formula is C16H10N6. The number of nitrogens with one attached hydrogen (secondary N) is 1. The number of nitriles is 4. The van der Waals surface area contributed by atoms with Gasteiger partial charge in [-0.25, -0.2) is 0 Å². The Morgan fingerprint density at radius 3 is 2.05 bits per heavy atom. The first kappa shape index (κ1) is 14.7. The Kier molecular flexibility index (Phi) is 4.09. The molecule has 0 unspecified atom stereocenters. The van der Waals surface area contributed by atoms with Crippen LogP contribution in [0.5, 0.6) is 0 Å². The molecule has 1 atom stereocenters. The van der Waals surface area contributed by atoms with Gasteiger partial charge in [-0.1, -0.05) is 30.3 Å². The summed E-state index contributed by atoms with van der Waals surface area (Å²) in [6.45, 7) is 0. The Hall–Kier alpha value is -3.74. The highest BCUT2D eigenvalue weighted by molar-refractivity contribution is 5.56. The van der Waals surface area contributed by atoms with E-state index in [2.05, 4.69) is 5.32 Å². The summed E-state index contributed by atoms with van der Waals surface area (Å²) in [5, 5.41) is 39.7. The lowest BCUT2D eigenvalue weighted by Gasteiger charge is -2.27. The molecule has 2 rings (SSSR count). The molecule has 6 nitrogen and oxygen atoms in total. The normalized spacial score (nSPS) is 17.0. The van der Waals surface area contributed by atoms with E-state index in [0.29, 0.717) is 5.56 Å². The molecule has 0 aliphatic carbocycles. The third kappa shape index (κ3) is 2.34. The first-order valence-corrected chi connectivity index (χ1v) is 6.33. The van der Waals surface area contributed by atoms with Crippen LogP contribution in [0.2, 0.25) is 0 Å². The highest BCUT2D eigenvalue weighted by Crippen LogP contribution is 2.37. The van der Waals surface area contributed by atoms with E-state index in [-0.39, 0.29) is 22.7 Å². The van der Waals surface area contributed by atoms with Crippen molar-refractivity contribution in [1.29, 1.82) is 21.0 Å². The number of benzene rings is 1. The minimum absolute atomic E-state index is 0.0563. The molecule has 1 aromatic rings. The molecule has 104 valence electrons. The van der Waals surface area contributed by atoms with Crippen molar-refractivity contribution in [2.45, 2.75) is 5.92 Å². The summed E-state index contributed by atoms with van der Waals surface area (Å²) in [7, 11) is 0. The standard InChI is InChI=1S/C16H10N6/c17-6-11(7-18)15-12(8-19)14(10-4-2-1-3-5-10)13(9-20)16(21)22-15/h1-5,11,14,22H,21H2/t14-/m1/s1. The Morgan fingerprint density at radius 1 is 0.955 bits per heavy atom. The maximum Gasteiger partial charge on any atom is 0.173 e. The minimum Gasteiger partial charge on any atom is -0.384 e. The van der Waals surface area contributed by atoms with Crippen LogP contribution in [0.15, 0.2) is 53.0 Å². The Balaban J connectivity index is 2.71. The molecule has 0 saturated carbocycles. The molecule has 0 amide bonds. The first-order chi connectivity index (χ1) is 10.7. The largest absolute Gasteiger partial charge is 0.384 e. The fourth-order valence-electron chi connectivity index (χ4n) is 2.35. The molecule has 6 heteroatoms. The van der Waals surface area contributed by atoms with E-state index < -0.39 is 11.8 Å². The van der Waals surface area contributed by atoms with Crippen molar-refractivity contribution >= 4 is 0 Å². The number of nitrogens with zero attached hydrogens (tertiary/aromatic N) is 4. The number of allylic oxidation sites excluding steroid dienone is 3. The van der Waals surface area contributed by atoms with Crippen LogP contribution >= 0.6 is 0 Å². The fourth-order valence-corrected chi connectivity index (χ4v) is 2.35. The van der Waals surface area contributed by atoms with Crippen LogP contribution in [0.25, 0.3) is 0 Å². The summed E-state index contributed by atoms with van der Waals surface area (Å²) in [6, 6.07) is 16.6. The van der Waals surface area contributed by atoms with E-state index in [1.807, 2.05) is 30.3 Å². The van der Waals surface area contributed by atoms with Crippen LogP contribution in [0, 0.1) is 51.2 Å². The van der Waals surface area contributed by atoms with E-state index in [4.69, 9.17) is 16.3 Å². The molecule has 22 heavy (non-hydrogen) atoms. The third-order valence-electron chi connectivity index (χ3n) is 3.35. The lowest BCUT2D eigenvalue weighted by molar-refractivity contribution is 0.743. The molecule has 0 fully saturated rings. The summed E-state index contributed by atoms with van der Waals surface area (Å²) >= 11 is 0. The smallest absolute Gasteiger partial charge is 0.173 e. The topological polar surface area (TPSA) is 133 Å². The van der Waals surface area contributed by atoms with Gasteiger partial charge in [0.25, 0.3) is 0 Å². The van der Waals surface area contributed by atoms with Gasteiger partial charge in [-0.3, -0.25) is 0 Å². The van der Waals surface area contributed by atoms with Gasteiger partial charge >= 0.3 is 0 Å². The van der Waals surface area contributed by atoms with Crippen LogP contribution in [0.3, 0.4) is 0 Å². The molecule has 3 N–H and O–H groups in total. The molecule has 0 saturated heterocycles. The van der Waals surface area contributed by atoms with Crippen molar-refractivity contribution in [3.63, 3.8) is 0 Å². The summed E-state index contributed by atoms with van der Waals surface area (Å²) < 4.78 is 0. The summed E-state index contributed by atoms with van der Waals surface area (Å²) in [6.07, 6.45) is 0. The van der Waals surface area contributed by atoms with Crippen molar-refractivity contribution in [1.82, 2.24) is 5.32 Å². The molecule has 0 bridgehead atoms. The second kappa shape index (κ2) is 6.14. The number of rotatable bonds is 2. The quantitative estimate of drug-likeness (QED) is 0.846. The van der Waals surface area contributed by atoms with Crippen LogP contribution < -0.4 is 11.1 Å². The second-order valence-corrected chi connectivity index (χ2v) is 4.54. The summed E-state index contributed by atoms with van der Waals surface area (Å²) in [5.41, 5.74) is 7.05. The maximum atomic E-state index is 9.49. The summed E-state index contributed by atoms with van der Waals surface area (Å²) in [4.78, 5) is 0. The highest BCUT2D eigenvalue weighted by atomic mass is 15.0. The van der Waals surface area contributed by atoms with Gasteiger partial charge in [0.05, 0.1) is 47.0 Å². The van der Waals surface area contributed by atoms with Gasteiger partial charge in [-0.15, -0.1) is 0 Å². The SMILES string of the molecule is N#CC1=C(N)NC(C(C#N)C#N)=C(C#N)[C@H]1c1ccccc1. The molecule has 1 aliphatic rings. The Labute approximate surface area is 127 Å². The van der Waals surface area contributed by atoms with Gasteiger partial charge in [0.2, 0.25) is 0 Å². The van der Waals surface area contributed by atoms with Crippen LogP contribution in [-0.2, 0) is 0 Å². The van der Waals surface area contributed by atoms with E-state index in [1.165, 1.54) is 0 Å². The van der Waals surface area contributed by atoms with E-state index in [1.54, 1.807) is 24.3 Å². The molecule has 1 aliphatic heterocycles. The molecule has 0 radical (unpaired) electrons. The number of nitrogens with two attached hydrogens (primary N) is 1. The first-order valence-electron chi connectivity index (χ1n) is 6.33. The number of dihydropyridines is 1. The van der Waals surface area contributed by atoms with E-state index >= 15 is 0 Å². The van der Waals surface area contributed by atoms with Gasteiger partial charge in [0, 0.05) is 0 Å². The van der Waals surface area contributed by atoms with Crippen molar-refractivity contribution in [2.24, 2.45) is 11.7 Å². The average Bonchev–Trinajstić information content (AvgIpc) is 2.56. The fraction of sp³-hybridized carbons (Fsp3) is 0.125. The van der Waals surface area contributed by atoms with Crippen LogP contribution in [-0.4, -0.2) is 0 Å². The van der Waals surface area contributed by atoms with E-state index in [9.17, 15) is 10.5 Å². The second-order valence-electron chi connectivity index (χ2n) is 4.54. The molecule has 1 heterocycles. The third-order valence-corrected chi connectivity index (χ3v) is 3.35. The maximum absolute atomic E-state index is 9.49.